The molecular formula is C18H18N2O3S. The van der Waals surface area contributed by atoms with Crippen LogP contribution in [-0.2, 0) is 16.6 Å². The Balaban J connectivity index is 2.01. The molecule has 0 atom stereocenters. The molecule has 0 spiro atoms. The van der Waals surface area contributed by atoms with Crippen molar-refractivity contribution in [3.05, 3.63) is 65.2 Å². The number of nitrogens with one attached hydrogen (secondary N) is 2. The van der Waals surface area contributed by atoms with Crippen LogP contribution in [0.4, 0.5) is 0 Å². The molecule has 0 saturated carbocycles. The standard InChI is InChI=1S/C18H18N2O3S/c1-3-12-20-24(22,23)17-10-8-16(9-11-17)18(21)19-13-15-6-4-14(2)5-7-15/h1,4-11,20H,12-13H2,2H3,(H,19,21). The van der Waals surface area contributed by atoms with E-state index in [1.807, 2.05) is 31.2 Å². The van der Waals surface area contributed by atoms with E-state index in [1.54, 1.807) is 0 Å². The number of hydrogen-bond donors (Lipinski definition) is 2. The van der Waals surface area contributed by atoms with Crippen molar-refractivity contribution in [3.8, 4) is 12.3 Å². The van der Waals surface area contributed by atoms with E-state index in [0.717, 1.165) is 11.1 Å². The zero-order valence-electron chi connectivity index (χ0n) is 13.2. The second-order valence-corrected chi connectivity index (χ2v) is 6.99. The lowest BCUT2D eigenvalue weighted by molar-refractivity contribution is 0.0951. The fourth-order valence-corrected chi connectivity index (χ4v) is 2.93. The molecule has 0 fully saturated rings. The first kappa shape index (κ1) is 17.7. The fraction of sp³-hybridized carbons (Fsp3) is 0.167. The van der Waals surface area contributed by atoms with Gasteiger partial charge in [0.1, 0.15) is 0 Å². The number of carbonyl (C=O) groups excluding carboxylic acids is 1. The summed E-state index contributed by atoms with van der Waals surface area (Å²) in [5.41, 5.74) is 2.53. The van der Waals surface area contributed by atoms with Crippen LogP contribution in [0.25, 0.3) is 0 Å². The lowest BCUT2D eigenvalue weighted by Gasteiger charge is -2.07. The van der Waals surface area contributed by atoms with Gasteiger partial charge in [-0.25, -0.2) is 8.42 Å². The molecule has 0 saturated heterocycles. The Morgan fingerprint density at radius 3 is 2.29 bits per heavy atom. The van der Waals surface area contributed by atoms with Crippen molar-refractivity contribution in [2.24, 2.45) is 0 Å². The van der Waals surface area contributed by atoms with Crippen LogP contribution >= 0.6 is 0 Å². The van der Waals surface area contributed by atoms with Crippen molar-refractivity contribution >= 4 is 15.9 Å². The summed E-state index contributed by atoms with van der Waals surface area (Å²) >= 11 is 0. The molecule has 0 aliphatic carbocycles. The van der Waals surface area contributed by atoms with Gasteiger partial charge in [0.15, 0.2) is 0 Å². The molecule has 0 heterocycles. The molecule has 0 unspecified atom stereocenters. The first-order chi connectivity index (χ1) is 11.4. The molecule has 2 aromatic carbocycles. The minimum absolute atomic E-state index is 0.0628. The molecule has 0 radical (unpaired) electrons. The van der Waals surface area contributed by atoms with Gasteiger partial charge < -0.3 is 5.32 Å². The van der Waals surface area contributed by atoms with Gasteiger partial charge in [0.2, 0.25) is 10.0 Å². The predicted molar refractivity (Wildman–Crippen MR) is 92.8 cm³/mol. The quantitative estimate of drug-likeness (QED) is 0.787. The number of aryl methyl sites for hydroxylation is 1. The maximum absolute atomic E-state index is 12.1. The molecule has 0 bridgehead atoms. The minimum atomic E-state index is -3.65. The molecule has 124 valence electrons. The van der Waals surface area contributed by atoms with Gasteiger partial charge >= 0.3 is 0 Å². The zero-order valence-corrected chi connectivity index (χ0v) is 14.1. The van der Waals surface area contributed by atoms with Gasteiger partial charge in [0, 0.05) is 12.1 Å². The van der Waals surface area contributed by atoms with Crippen molar-refractivity contribution in [3.63, 3.8) is 0 Å². The van der Waals surface area contributed by atoms with Crippen LogP contribution in [0.3, 0.4) is 0 Å². The molecule has 2 aromatic rings. The molecule has 0 aromatic heterocycles. The SMILES string of the molecule is C#CCNS(=O)(=O)c1ccc(C(=O)NCc2ccc(C)cc2)cc1. The van der Waals surface area contributed by atoms with Gasteiger partial charge in [-0.15, -0.1) is 6.42 Å². The summed E-state index contributed by atoms with van der Waals surface area (Å²) in [6.45, 7) is 2.32. The zero-order chi connectivity index (χ0) is 17.6. The Morgan fingerprint density at radius 1 is 1.08 bits per heavy atom. The van der Waals surface area contributed by atoms with Crippen molar-refractivity contribution in [2.75, 3.05) is 6.54 Å². The van der Waals surface area contributed by atoms with Crippen molar-refractivity contribution in [2.45, 2.75) is 18.4 Å². The Labute approximate surface area is 142 Å². The van der Waals surface area contributed by atoms with Gasteiger partial charge in [-0.05, 0) is 36.8 Å². The lowest BCUT2D eigenvalue weighted by Crippen LogP contribution is -2.25. The van der Waals surface area contributed by atoms with Gasteiger partial charge in [0.05, 0.1) is 11.4 Å². The number of carbonyl (C=O) groups is 1. The van der Waals surface area contributed by atoms with Crippen molar-refractivity contribution in [1.82, 2.24) is 10.0 Å². The Morgan fingerprint density at radius 2 is 1.71 bits per heavy atom. The Kier molecular flexibility index (Phi) is 5.74. The third-order valence-corrected chi connectivity index (χ3v) is 4.78. The monoisotopic (exact) mass is 342 g/mol. The third kappa shape index (κ3) is 4.69. The second-order valence-electron chi connectivity index (χ2n) is 5.22. The highest BCUT2D eigenvalue weighted by Gasteiger charge is 2.14. The van der Waals surface area contributed by atoms with Gasteiger partial charge in [-0.3, -0.25) is 4.79 Å². The Hall–Kier alpha value is -2.62. The van der Waals surface area contributed by atoms with Crippen molar-refractivity contribution < 1.29 is 13.2 Å². The summed E-state index contributed by atoms with van der Waals surface area (Å²) in [4.78, 5) is 12.2. The highest BCUT2D eigenvalue weighted by atomic mass is 32.2. The van der Waals surface area contributed by atoms with Gasteiger partial charge in [-0.2, -0.15) is 4.72 Å². The average Bonchev–Trinajstić information content (AvgIpc) is 2.59. The largest absolute Gasteiger partial charge is 0.348 e. The summed E-state index contributed by atoms with van der Waals surface area (Å²) in [6.07, 6.45) is 5.04. The molecule has 5 nitrogen and oxygen atoms in total. The maximum atomic E-state index is 12.1. The van der Waals surface area contributed by atoms with Crippen LogP contribution in [0.1, 0.15) is 21.5 Å². The normalized spacial score (nSPS) is 10.8. The smallest absolute Gasteiger partial charge is 0.251 e. The van der Waals surface area contributed by atoms with E-state index in [2.05, 4.69) is 16.0 Å². The topological polar surface area (TPSA) is 75.3 Å². The molecule has 0 aliphatic heterocycles. The van der Waals surface area contributed by atoms with E-state index in [9.17, 15) is 13.2 Å². The number of terminal acetylenes is 1. The molecule has 2 rings (SSSR count). The number of rotatable bonds is 6. The van der Waals surface area contributed by atoms with E-state index in [4.69, 9.17) is 6.42 Å². The molecule has 2 N–H and O–H groups in total. The summed E-state index contributed by atoms with van der Waals surface area (Å²) in [6, 6.07) is 13.5. The molecule has 6 heteroatoms. The van der Waals surface area contributed by atoms with Crippen LogP contribution in [-0.4, -0.2) is 20.9 Å². The summed E-state index contributed by atoms with van der Waals surface area (Å²) in [5.74, 6) is 1.94. The summed E-state index contributed by atoms with van der Waals surface area (Å²) in [7, 11) is -3.65. The summed E-state index contributed by atoms with van der Waals surface area (Å²) < 4.78 is 26.1. The number of sulfonamides is 1. The number of benzene rings is 2. The summed E-state index contributed by atoms with van der Waals surface area (Å²) in [5, 5.41) is 2.80. The van der Waals surface area contributed by atoms with E-state index in [-0.39, 0.29) is 17.3 Å². The molecule has 0 aliphatic rings. The lowest BCUT2D eigenvalue weighted by atomic mass is 10.1. The van der Waals surface area contributed by atoms with E-state index >= 15 is 0 Å². The van der Waals surface area contributed by atoms with Crippen LogP contribution in [0, 0.1) is 19.3 Å². The van der Waals surface area contributed by atoms with Gasteiger partial charge in [0.25, 0.3) is 5.91 Å². The number of amides is 1. The van der Waals surface area contributed by atoms with Crippen LogP contribution < -0.4 is 10.0 Å². The van der Waals surface area contributed by atoms with Gasteiger partial charge in [-0.1, -0.05) is 35.7 Å². The molecule has 1 amide bonds. The van der Waals surface area contributed by atoms with Crippen LogP contribution in [0.5, 0.6) is 0 Å². The minimum Gasteiger partial charge on any atom is -0.348 e. The second kappa shape index (κ2) is 7.77. The molecule has 24 heavy (non-hydrogen) atoms. The van der Waals surface area contributed by atoms with E-state index in [1.165, 1.54) is 24.3 Å². The molecular weight excluding hydrogens is 324 g/mol. The highest BCUT2D eigenvalue weighted by molar-refractivity contribution is 7.89. The maximum Gasteiger partial charge on any atom is 0.251 e. The third-order valence-electron chi connectivity index (χ3n) is 3.36. The first-order valence-corrected chi connectivity index (χ1v) is 8.77. The van der Waals surface area contributed by atoms with E-state index < -0.39 is 10.0 Å². The Bertz CT molecular complexity index is 849. The van der Waals surface area contributed by atoms with E-state index in [0.29, 0.717) is 12.1 Å². The van der Waals surface area contributed by atoms with Crippen molar-refractivity contribution in [1.29, 1.82) is 0 Å². The van der Waals surface area contributed by atoms with Crippen LogP contribution in [0.15, 0.2) is 53.4 Å². The first-order valence-electron chi connectivity index (χ1n) is 7.29. The fourth-order valence-electron chi connectivity index (χ4n) is 2.00. The average molecular weight is 342 g/mol. The highest BCUT2D eigenvalue weighted by Crippen LogP contribution is 2.11. The van der Waals surface area contributed by atoms with Crippen LogP contribution in [0.2, 0.25) is 0 Å². The number of hydrogen-bond acceptors (Lipinski definition) is 3. The predicted octanol–water partition coefficient (Wildman–Crippen LogP) is 1.84.